The lowest BCUT2D eigenvalue weighted by Crippen LogP contribution is -2.46. The Balaban J connectivity index is 1.31. The highest BCUT2D eigenvalue weighted by atomic mass is 35.5. The highest BCUT2D eigenvalue weighted by Crippen LogP contribution is 2.26. The summed E-state index contributed by atoms with van der Waals surface area (Å²) in [6, 6.07) is 10.3. The van der Waals surface area contributed by atoms with Gasteiger partial charge >= 0.3 is 0 Å². The third-order valence-corrected chi connectivity index (χ3v) is 7.02. The smallest absolute Gasteiger partial charge is 0.256 e. The molecule has 2 aliphatic rings. The number of carbonyl (C=O) groups is 1. The number of halogens is 1. The Kier molecular flexibility index (Phi) is 7.11. The van der Waals surface area contributed by atoms with Crippen molar-refractivity contribution in [3.63, 3.8) is 0 Å². The Labute approximate surface area is 184 Å². The van der Waals surface area contributed by atoms with Gasteiger partial charge in [0.05, 0.1) is 17.8 Å². The number of amides is 1. The van der Waals surface area contributed by atoms with E-state index in [1.165, 1.54) is 38.6 Å². The molecule has 1 aliphatic heterocycles. The van der Waals surface area contributed by atoms with E-state index in [1.54, 1.807) is 4.68 Å². The highest BCUT2D eigenvalue weighted by molar-refractivity contribution is 6.33. The summed E-state index contributed by atoms with van der Waals surface area (Å²) in [5.41, 5.74) is 2.31. The molecule has 1 amide bonds. The number of hydrogen-bond donors (Lipinski definition) is 1. The van der Waals surface area contributed by atoms with Gasteiger partial charge < -0.3 is 10.2 Å². The van der Waals surface area contributed by atoms with Gasteiger partial charge in [0.1, 0.15) is 5.15 Å². The maximum atomic E-state index is 13.0. The quantitative estimate of drug-likeness (QED) is 0.727. The van der Waals surface area contributed by atoms with Gasteiger partial charge in [-0.1, -0.05) is 61.2 Å². The van der Waals surface area contributed by atoms with Crippen molar-refractivity contribution in [2.75, 3.05) is 19.6 Å². The predicted molar refractivity (Wildman–Crippen MR) is 121 cm³/mol. The second kappa shape index (κ2) is 9.97. The second-order valence-corrected chi connectivity index (χ2v) is 9.30. The third kappa shape index (κ3) is 5.25. The number of carbonyl (C=O) groups excluding carboxylic acids is 1. The lowest BCUT2D eigenvalue weighted by Gasteiger charge is -2.35. The number of aromatic nitrogens is 2. The average Bonchev–Trinajstić information content (AvgIpc) is 3.04. The molecule has 0 spiro atoms. The minimum absolute atomic E-state index is 0.0949. The van der Waals surface area contributed by atoms with Crippen LogP contribution in [0, 0.1) is 12.8 Å². The fourth-order valence-corrected chi connectivity index (χ4v) is 5.24. The number of likely N-dealkylation sites (tertiary alicyclic amines) is 1. The second-order valence-electron chi connectivity index (χ2n) is 8.95. The summed E-state index contributed by atoms with van der Waals surface area (Å²) in [6.45, 7) is 5.79. The maximum Gasteiger partial charge on any atom is 0.256 e. The van der Waals surface area contributed by atoms with Gasteiger partial charge in [-0.2, -0.15) is 5.10 Å². The molecule has 4 rings (SSSR count). The molecule has 2 aromatic rings. The summed E-state index contributed by atoms with van der Waals surface area (Å²) >= 11 is 6.56. The number of benzene rings is 1. The van der Waals surface area contributed by atoms with Crippen LogP contribution in [0.4, 0.5) is 0 Å². The van der Waals surface area contributed by atoms with Crippen LogP contribution in [0.25, 0.3) is 0 Å². The summed E-state index contributed by atoms with van der Waals surface area (Å²) in [7, 11) is 0. The number of hydrogen-bond acceptors (Lipinski definition) is 3. The highest BCUT2D eigenvalue weighted by Gasteiger charge is 2.26. The van der Waals surface area contributed by atoms with Gasteiger partial charge in [0.25, 0.3) is 5.91 Å². The molecule has 6 heteroatoms. The monoisotopic (exact) mass is 428 g/mol. The van der Waals surface area contributed by atoms with Crippen LogP contribution >= 0.6 is 11.6 Å². The molecular weight excluding hydrogens is 396 g/mol. The fourth-order valence-electron chi connectivity index (χ4n) is 4.92. The normalized spacial score (nSPS) is 19.1. The van der Waals surface area contributed by atoms with Crippen LogP contribution in [0.3, 0.4) is 0 Å². The molecule has 1 saturated carbocycles. The van der Waals surface area contributed by atoms with E-state index in [9.17, 15) is 4.79 Å². The SMILES string of the molecule is Cc1nn(Cc2ccccc2)c(Cl)c1C(=O)NC1CCN(CC2CCCCC2)CC1. The minimum Gasteiger partial charge on any atom is -0.349 e. The zero-order valence-electron chi connectivity index (χ0n) is 17.9. The molecular formula is C24H33ClN4O. The summed E-state index contributed by atoms with van der Waals surface area (Å²) in [5.74, 6) is 0.782. The molecule has 1 aromatic heterocycles. The van der Waals surface area contributed by atoms with Crippen LogP contribution in [-0.2, 0) is 6.54 Å². The maximum absolute atomic E-state index is 13.0. The molecule has 0 radical (unpaired) electrons. The zero-order chi connectivity index (χ0) is 20.9. The van der Waals surface area contributed by atoms with Gasteiger partial charge in [0.2, 0.25) is 0 Å². The lowest BCUT2D eigenvalue weighted by molar-refractivity contribution is 0.0901. The van der Waals surface area contributed by atoms with Crippen LogP contribution in [-0.4, -0.2) is 46.3 Å². The van der Waals surface area contributed by atoms with Gasteiger partial charge in [-0.25, -0.2) is 4.68 Å². The van der Waals surface area contributed by atoms with Crippen molar-refractivity contribution < 1.29 is 4.79 Å². The van der Waals surface area contributed by atoms with Crippen LogP contribution in [0.15, 0.2) is 30.3 Å². The van der Waals surface area contributed by atoms with Crippen LogP contribution < -0.4 is 5.32 Å². The van der Waals surface area contributed by atoms with E-state index in [1.807, 2.05) is 37.3 Å². The number of nitrogens with one attached hydrogen (secondary N) is 1. The Morgan fingerprint density at radius 1 is 1.10 bits per heavy atom. The van der Waals surface area contributed by atoms with Crippen molar-refractivity contribution in [3.05, 3.63) is 52.3 Å². The minimum atomic E-state index is -0.0949. The molecule has 2 fully saturated rings. The molecule has 162 valence electrons. The molecule has 0 unspecified atom stereocenters. The zero-order valence-corrected chi connectivity index (χ0v) is 18.7. The van der Waals surface area contributed by atoms with E-state index in [0.29, 0.717) is 23.0 Å². The summed E-state index contributed by atoms with van der Waals surface area (Å²) < 4.78 is 1.72. The fraction of sp³-hybridized carbons (Fsp3) is 0.583. The Bertz CT molecular complexity index is 836. The van der Waals surface area contributed by atoms with Crippen molar-refractivity contribution in [1.29, 1.82) is 0 Å². The van der Waals surface area contributed by atoms with E-state index in [4.69, 9.17) is 11.6 Å². The van der Waals surface area contributed by atoms with E-state index < -0.39 is 0 Å². The summed E-state index contributed by atoms with van der Waals surface area (Å²) in [5, 5.41) is 8.15. The predicted octanol–water partition coefficient (Wildman–Crippen LogP) is 4.67. The molecule has 1 aliphatic carbocycles. The molecule has 1 N–H and O–H groups in total. The van der Waals surface area contributed by atoms with Crippen molar-refractivity contribution in [2.24, 2.45) is 5.92 Å². The molecule has 0 bridgehead atoms. The molecule has 1 aromatic carbocycles. The van der Waals surface area contributed by atoms with E-state index in [0.717, 1.165) is 37.4 Å². The third-order valence-electron chi connectivity index (χ3n) is 6.63. The largest absolute Gasteiger partial charge is 0.349 e. The van der Waals surface area contributed by atoms with E-state index in [2.05, 4.69) is 15.3 Å². The molecule has 1 saturated heterocycles. The summed E-state index contributed by atoms with van der Waals surface area (Å²) in [6.07, 6.45) is 9.00. The average molecular weight is 429 g/mol. The summed E-state index contributed by atoms with van der Waals surface area (Å²) in [4.78, 5) is 15.5. The van der Waals surface area contributed by atoms with Crippen molar-refractivity contribution in [3.8, 4) is 0 Å². The van der Waals surface area contributed by atoms with Gasteiger partial charge in [-0.3, -0.25) is 4.79 Å². The first kappa shape index (κ1) is 21.4. The molecule has 5 nitrogen and oxygen atoms in total. The van der Waals surface area contributed by atoms with E-state index >= 15 is 0 Å². The van der Waals surface area contributed by atoms with Crippen molar-refractivity contribution >= 4 is 17.5 Å². The van der Waals surface area contributed by atoms with Crippen LogP contribution in [0.5, 0.6) is 0 Å². The lowest BCUT2D eigenvalue weighted by atomic mass is 9.88. The first-order valence-electron chi connectivity index (χ1n) is 11.4. The number of nitrogens with zero attached hydrogens (tertiary/aromatic N) is 3. The first-order chi connectivity index (χ1) is 14.6. The topological polar surface area (TPSA) is 50.2 Å². The Morgan fingerprint density at radius 2 is 1.80 bits per heavy atom. The van der Waals surface area contributed by atoms with Gasteiger partial charge in [0, 0.05) is 25.7 Å². The van der Waals surface area contributed by atoms with Crippen LogP contribution in [0.2, 0.25) is 5.15 Å². The number of aryl methyl sites for hydroxylation is 1. The van der Waals surface area contributed by atoms with Gasteiger partial charge in [-0.15, -0.1) is 0 Å². The van der Waals surface area contributed by atoms with Gasteiger partial charge in [0.15, 0.2) is 0 Å². The van der Waals surface area contributed by atoms with Crippen molar-refractivity contribution in [1.82, 2.24) is 20.0 Å². The van der Waals surface area contributed by atoms with Gasteiger partial charge in [-0.05, 0) is 44.1 Å². The molecule has 30 heavy (non-hydrogen) atoms. The van der Waals surface area contributed by atoms with Crippen molar-refractivity contribution in [2.45, 2.75) is 64.5 Å². The number of rotatable bonds is 6. The molecule has 0 atom stereocenters. The Morgan fingerprint density at radius 3 is 2.50 bits per heavy atom. The molecule has 2 heterocycles. The Hall–Kier alpha value is -1.85. The van der Waals surface area contributed by atoms with Crippen LogP contribution in [0.1, 0.15) is 66.6 Å². The first-order valence-corrected chi connectivity index (χ1v) is 11.8. The standard InChI is InChI=1S/C24H33ClN4O/c1-18-22(23(25)29(27-18)17-20-10-6-3-7-11-20)24(30)26-21-12-14-28(15-13-21)16-19-8-4-2-5-9-19/h3,6-7,10-11,19,21H,2,4-5,8-9,12-17H2,1H3,(H,26,30). The number of piperidine rings is 1. The van der Waals surface area contributed by atoms with E-state index in [-0.39, 0.29) is 11.9 Å².